The van der Waals surface area contributed by atoms with E-state index in [4.69, 9.17) is 26.8 Å². The number of rotatable bonds is 2. The topological polar surface area (TPSA) is 98.2 Å². The number of fused-ring (bicyclic) bond motifs is 1. The summed E-state index contributed by atoms with van der Waals surface area (Å²) in [7, 11) is 0. The molecule has 2 aromatic rings. The molecule has 1 aromatic carbocycles. The fraction of sp³-hybridized carbons (Fsp3) is 0.348. The average Bonchev–Trinajstić information content (AvgIpc) is 2.63. The first kappa shape index (κ1) is 21.7. The second-order valence-corrected chi connectivity index (χ2v) is 8.70. The van der Waals surface area contributed by atoms with Crippen LogP contribution in [0.3, 0.4) is 0 Å². The van der Waals surface area contributed by atoms with Gasteiger partial charge >= 0.3 is 5.97 Å². The number of pyridine rings is 1. The normalized spacial score (nSPS) is 17.1. The van der Waals surface area contributed by atoms with Crippen molar-refractivity contribution in [2.45, 2.75) is 53.1 Å². The predicted octanol–water partition coefficient (Wildman–Crippen LogP) is 4.93. The predicted molar refractivity (Wildman–Crippen MR) is 115 cm³/mol. The van der Waals surface area contributed by atoms with E-state index in [2.05, 4.69) is 11.1 Å². The first-order valence-corrected chi connectivity index (χ1v) is 9.90. The third-order valence-corrected chi connectivity index (χ3v) is 5.33. The molecule has 0 fully saturated rings. The van der Waals surface area contributed by atoms with E-state index in [0.717, 1.165) is 22.0 Å². The molecule has 1 aliphatic heterocycles. The zero-order valence-corrected chi connectivity index (χ0v) is 18.6. The highest BCUT2D eigenvalue weighted by atomic mass is 35.5. The highest BCUT2D eigenvalue weighted by Gasteiger charge is 2.39. The summed E-state index contributed by atoms with van der Waals surface area (Å²) in [4.78, 5) is 17.6. The SMILES string of the molecule is CC1=C(C(=O)OC(C)(C)C)[C@@H](c2cc3ccc(C)c(C)c3nc2Cl)C(C#N)=C(N)O1. The molecule has 1 aliphatic rings. The summed E-state index contributed by atoms with van der Waals surface area (Å²) in [6.45, 7) is 10.9. The van der Waals surface area contributed by atoms with Crippen LogP contribution in [0.5, 0.6) is 0 Å². The first-order chi connectivity index (χ1) is 13.9. The molecule has 0 saturated carbocycles. The molecule has 0 spiro atoms. The van der Waals surface area contributed by atoms with Gasteiger partial charge in [-0.25, -0.2) is 9.78 Å². The number of allylic oxidation sites excluding steroid dienone is 2. The van der Waals surface area contributed by atoms with E-state index < -0.39 is 17.5 Å². The van der Waals surface area contributed by atoms with Gasteiger partial charge in [-0.15, -0.1) is 0 Å². The highest BCUT2D eigenvalue weighted by Crippen LogP contribution is 2.43. The maximum Gasteiger partial charge on any atom is 0.338 e. The Morgan fingerprint density at radius 1 is 1.30 bits per heavy atom. The zero-order valence-electron chi connectivity index (χ0n) is 17.9. The van der Waals surface area contributed by atoms with Crippen molar-refractivity contribution in [3.63, 3.8) is 0 Å². The van der Waals surface area contributed by atoms with E-state index in [-0.39, 0.29) is 27.9 Å². The lowest BCUT2D eigenvalue weighted by Gasteiger charge is -2.29. The van der Waals surface area contributed by atoms with Gasteiger partial charge in [0.05, 0.1) is 17.0 Å². The van der Waals surface area contributed by atoms with Gasteiger partial charge in [0.15, 0.2) is 0 Å². The molecule has 30 heavy (non-hydrogen) atoms. The monoisotopic (exact) mass is 425 g/mol. The van der Waals surface area contributed by atoms with E-state index in [0.29, 0.717) is 5.56 Å². The standard InChI is InChI=1S/C23H24ClN3O3/c1-11-7-8-14-9-15(20(24)27-19(14)12(11)2)18-16(10-25)21(26)29-13(3)17(18)22(28)30-23(4,5)6/h7-9,18H,26H2,1-6H3/t18-/m0/s1. The van der Waals surface area contributed by atoms with Crippen molar-refractivity contribution in [2.24, 2.45) is 5.73 Å². The van der Waals surface area contributed by atoms with Crippen LogP contribution in [0.2, 0.25) is 5.15 Å². The third-order valence-electron chi connectivity index (χ3n) is 5.03. The van der Waals surface area contributed by atoms with E-state index in [1.54, 1.807) is 27.7 Å². The summed E-state index contributed by atoms with van der Waals surface area (Å²) in [6, 6.07) is 7.84. The molecule has 1 atom stereocenters. The number of nitriles is 1. The summed E-state index contributed by atoms with van der Waals surface area (Å²) >= 11 is 6.58. The number of halogens is 1. The summed E-state index contributed by atoms with van der Waals surface area (Å²) in [5.41, 5.74) is 8.91. The van der Waals surface area contributed by atoms with Crippen LogP contribution in [0, 0.1) is 25.2 Å². The minimum absolute atomic E-state index is 0.0661. The van der Waals surface area contributed by atoms with Gasteiger partial charge in [-0.1, -0.05) is 23.7 Å². The molecule has 0 unspecified atom stereocenters. The Morgan fingerprint density at radius 2 is 1.97 bits per heavy atom. The van der Waals surface area contributed by atoms with Crippen LogP contribution >= 0.6 is 11.6 Å². The number of carbonyl (C=O) groups is 1. The summed E-state index contributed by atoms with van der Waals surface area (Å²) in [5.74, 6) is -1.24. The van der Waals surface area contributed by atoms with Gasteiger partial charge in [-0.05, 0) is 58.7 Å². The molecular weight excluding hydrogens is 402 g/mol. The van der Waals surface area contributed by atoms with Crippen molar-refractivity contribution >= 4 is 28.5 Å². The van der Waals surface area contributed by atoms with Crippen molar-refractivity contribution in [1.29, 1.82) is 5.26 Å². The van der Waals surface area contributed by atoms with Crippen LogP contribution < -0.4 is 5.73 Å². The number of nitrogens with two attached hydrogens (primary N) is 1. The molecule has 2 N–H and O–H groups in total. The maximum atomic E-state index is 13.1. The largest absolute Gasteiger partial charge is 0.456 e. The average molecular weight is 426 g/mol. The van der Waals surface area contributed by atoms with Gasteiger partial charge in [0, 0.05) is 10.9 Å². The van der Waals surface area contributed by atoms with Crippen molar-refractivity contribution in [2.75, 3.05) is 0 Å². The first-order valence-electron chi connectivity index (χ1n) is 9.52. The molecule has 1 aromatic heterocycles. The van der Waals surface area contributed by atoms with Crippen LogP contribution in [0.25, 0.3) is 10.9 Å². The van der Waals surface area contributed by atoms with Gasteiger partial charge in [0.2, 0.25) is 5.88 Å². The highest BCUT2D eigenvalue weighted by molar-refractivity contribution is 6.31. The molecule has 0 radical (unpaired) electrons. The van der Waals surface area contributed by atoms with Gasteiger partial charge < -0.3 is 15.2 Å². The number of esters is 1. The summed E-state index contributed by atoms with van der Waals surface area (Å²) in [6.07, 6.45) is 0. The Labute approximate surface area is 180 Å². The lowest BCUT2D eigenvalue weighted by molar-refractivity contribution is -0.150. The Bertz CT molecular complexity index is 1170. The molecule has 3 rings (SSSR count). The smallest absolute Gasteiger partial charge is 0.338 e. The molecular formula is C23H24ClN3O3. The third kappa shape index (κ3) is 3.86. The van der Waals surface area contributed by atoms with Gasteiger partial charge in [0.25, 0.3) is 0 Å². The second-order valence-electron chi connectivity index (χ2n) is 8.34. The molecule has 2 heterocycles. The molecule has 156 valence electrons. The number of aromatic nitrogens is 1. The number of hydrogen-bond donors (Lipinski definition) is 1. The van der Waals surface area contributed by atoms with Crippen molar-refractivity contribution in [1.82, 2.24) is 4.98 Å². The minimum Gasteiger partial charge on any atom is -0.456 e. The van der Waals surface area contributed by atoms with Crippen molar-refractivity contribution in [3.8, 4) is 6.07 Å². The Kier molecular flexibility index (Phi) is 5.53. The fourth-order valence-electron chi connectivity index (χ4n) is 3.47. The van der Waals surface area contributed by atoms with Crippen LogP contribution in [0.4, 0.5) is 0 Å². The van der Waals surface area contributed by atoms with Crippen LogP contribution in [0.1, 0.15) is 50.3 Å². The number of carbonyl (C=O) groups excluding carboxylic acids is 1. The fourth-order valence-corrected chi connectivity index (χ4v) is 3.72. The molecule has 0 amide bonds. The van der Waals surface area contributed by atoms with E-state index >= 15 is 0 Å². The van der Waals surface area contributed by atoms with E-state index in [1.807, 2.05) is 32.0 Å². The number of hydrogen-bond acceptors (Lipinski definition) is 6. The van der Waals surface area contributed by atoms with Crippen molar-refractivity contribution < 1.29 is 14.3 Å². The lowest BCUT2D eigenvalue weighted by Crippen LogP contribution is -2.30. The quantitative estimate of drug-likeness (QED) is 0.541. The Morgan fingerprint density at radius 3 is 2.57 bits per heavy atom. The Balaban J connectivity index is 2.26. The zero-order chi connectivity index (χ0) is 22.4. The second kappa shape index (κ2) is 7.66. The molecule has 6 nitrogen and oxygen atoms in total. The van der Waals surface area contributed by atoms with Crippen LogP contribution in [-0.2, 0) is 14.3 Å². The van der Waals surface area contributed by atoms with Gasteiger partial charge in [-0.3, -0.25) is 0 Å². The molecule has 0 bridgehead atoms. The number of nitrogens with zero attached hydrogens (tertiary/aromatic N) is 2. The number of aryl methyl sites for hydroxylation is 2. The maximum absolute atomic E-state index is 13.1. The summed E-state index contributed by atoms with van der Waals surface area (Å²) in [5, 5.41) is 10.8. The molecule has 0 saturated heterocycles. The summed E-state index contributed by atoms with van der Waals surface area (Å²) < 4.78 is 11.1. The lowest BCUT2D eigenvalue weighted by atomic mass is 9.83. The molecule has 7 heteroatoms. The van der Waals surface area contributed by atoms with Crippen LogP contribution in [-0.4, -0.2) is 16.6 Å². The van der Waals surface area contributed by atoms with Gasteiger partial charge in [0.1, 0.15) is 28.2 Å². The van der Waals surface area contributed by atoms with Crippen LogP contribution in [0.15, 0.2) is 41.0 Å². The molecule has 0 aliphatic carbocycles. The number of ether oxygens (including phenoxy) is 2. The number of benzene rings is 1. The van der Waals surface area contributed by atoms with Gasteiger partial charge in [-0.2, -0.15) is 5.26 Å². The Hall–Kier alpha value is -3.04. The van der Waals surface area contributed by atoms with E-state index in [1.165, 1.54) is 0 Å². The van der Waals surface area contributed by atoms with E-state index in [9.17, 15) is 10.1 Å². The van der Waals surface area contributed by atoms with Crippen molar-refractivity contribution in [3.05, 3.63) is 62.8 Å². The minimum atomic E-state index is -0.843.